The molecule has 0 aliphatic rings. The van der Waals surface area contributed by atoms with Crippen LogP contribution in [0.5, 0.6) is 0 Å². The maximum atomic E-state index is 13.6. The Labute approximate surface area is 121 Å². The van der Waals surface area contributed by atoms with Gasteiger partial charge in [-0.05, 0) is 24.6 Å². The van der Waals surface area contributed by atoms with Gasteiger partial charge in [0.1, 0.15) is 0 Å². The van der Waals surface area contributed by atoms with Gasteiger partial charge in [0.2, 0.25) is 6.17 Å². The monoisotopic (exact) mass is 315 g/mol. The van der Waals surface area contributed by atoms with E-state index in [-0.39, 0.29) is 24.0 Å². The first kappa shape index (κ1) is 17.4. The average Bonchev–Trinajstić information content (AvgIpc) is 2.31. The Balaban J connectivity index is 0.00000289. The summed E-state index contributed by atoms with van der Waals surface area (Å²) in [5.41, 5.74) is 6.00. The first-order chi connectivity index (χ1) is 7.97. The summed E-state index contributed by atoms with van der Waals surface area (Å²) in [5, 5.41) is 0.602. The van der Waals surface area contributed by atoms with Gasteiger partial charge in [-0.2, -0.15) is 0 Å². The van der Waals surface area contributed by atoms with Crippen LogP contribution >= 0.6 is 35.6 Å². The molecule has 2 atom stereocenters. The third-order valence-corrected chi connectivity index (χ3v) is 2.89. The van der Waals surface area contributed by atoms with Gasteiger partial charge in [0.25, 0.3) is 0 Å². The van der Waals surface area contributed by atoms with E-state index in [1.165, 1.54) is 18.2 Å². The summed E-state index contributed by atoms with van der Waals surface area (Å²) in [5.74, 6) is -0.980. The van der Waals surface area contributed by atoms with Gasteiger partial charge in [-0.25, -0.2) is 9.18 Å². The minimum absolute atomic E-state index is 0. The third kappa shape index (κ3) is 4.28. The highest BCUT2D eigenvalue weighted by Crippen LogP contribution is 2.27. The second-order valence-corrected chi connectivity index (χ2v) is 4.17. The van der Waals surface area contributed by atoms with Crippen molar-refractivity contribution < 1.29 is 13.9 Å². The first-order valence-corrected chi connectivity index (χ1v) is 5.74. The fourth-order valence-electron chi connectivity index (χ4n) is 1.26. The fourth-order valence-corrected chi connectivity index (χ4v) is 1.56. The Bertz CT molecular complexity index is 417. The molecule has 2 N–H and O–H groups in total. The number of alkyl halides is 1. The van der Waals surface area contributed by atoms with Gasteiger partial charge in [0, 0.05) is 0 Å². The normalized spacial score (nSPS) is 13.4. The second kappa shape index (κ2) is 7.79. The van der Waals surface area contributed by atoms with Crippen LogP contribution in [0.1, 0.15) is 18.5 Å². The van der Waals surface area contributed by atoms with Crippen LogP contribution in [-0.2, 0) is 9.53 Å². The lowest BCUT2D eigenvalue weighted by molar-refractivity contribution is -0.149. The van der Waals surface area contributed by atoms with Crippen LogP contribution in [0.4, 0.5) is 4.39 Å². The Morgan fingerprint density at radius 2 is 2.06 bits per heavy atom. The number of ether oxygens (including phenoxy) is 1. The number of esters is 1. The fraction of sp³-hybridized carbons (Fsp3) is 0.364. The van der Waals surface area contributed by atoms with Crippen LogP contribution in [-0.4, -0.2) is 18.7 Å². The van der Waals surface area contributed by atoms with E-state index in [1.807, 2.05) is 0 Å². The summed E-state index contributed by atoms with van der Waals surface area (Å²) < 4.78 is 18.2. The molecule has 0 aromatic heterocycles. The van der Waals surface area contributed by atoms with Gasteiger partial charge in [0.15, 0.2) is 0 Å². The smallest absolute Gasteiger partial charge is 0.342 e. The molecule has 1 aromatic carbocycles. The molecule has 0 saturated heterocycles. The Kier molecular flexibility index (Phi) is 7.55. The summed E-state index contributed by atoms with van der Waals surface area (Å²) in [6.07, 6.45) is -1.92. The molecule has 0 radical (unpaired) electrons. The summed E-state index contributed by atoms with van der Waals surface area (Å²) in [4.78, 5) is 11.2. The second-order valence-electron chi connectivity index (χ2n) is 3.35. The molecule has 0 aliphatic carbocycles. The number of carbonyl (C=O) groups is 1. The van der Waals surface area contributed by atoms with Crippen molar-refractivity contribution in [1.29, 1.82) is 0 Å². The van der Waals surface area contributed by atoms with E-state index in [1.54, 1.807) is 6.92 Å². The van der Waals surface area contributed by atoms with Gasteiger partial charge >= 0.3 is 5.97 Å². The lowest BCUT2D eigenvalue weighted by Crippen LogP contribution is -2.31. The lowest BCUT2D eigenvalue weighted by atomic mass is 10.0. The summed E-state index contributed by atoms with van der Waals surface area (Å²) in [7, 11) is 0. The average molecular weight is 317 g/mol. The van der Waals surface area contributed by atoms with Crippen LogP contribution in [0.3, 0.4) is 0 Å². The van der Waals surface area contributed by atoms with Crippen molar-refractivity contribution >= 4 is 41.6 Å². The molecular formula is C11H13Cl3FNO2. The van der Waals surface area contributed by atoms with E-state index in [4.69, 9.17) is 28.9 Å². The molecular weight excluding hydrogens is 303 g/mol. The molecule has 0 amide bonds. The van der Waals surface area contributed by atoms with Gasteiger partial charge in [-0.15, -0.1) is 12.4 Å². The summed E-state index contributed by atoms with van der Waals surface area (Å²) in [6, 6.07) is 3.32. The minimum atomic E-state index is -1.92. The summed E-state index contributed by atoms with van der Waals surface area (Å²) in [6.45, 7) is 1.70. The summed E-state index contributed by atoms with van der Waals surface area (Å²) >= 11 is 11.5. The van der Waals surface area contributed by atoms with Crippen molar-refractivity contribution in [2.75, 3.05) is 6.61 Å². The van der Waals surface area contributed by atoms with Crippen molar-refractivity contribution in [2.45, 2.75) is 19.1 Å². The molecule has 0 fully saturated rings. The van der Waals surface area contributed by atoms with Crippen LogP contribution in [0, 0.1) is 0 Å². The van der Waals surface area contributed by atoms with Crippen LogP contribution in [0.15, 0.2) is 18.2 Å². The van der Waals surface area contributed by atoms with Crippen LogP contribution in [0.25, 0.3) is 0 Å². The van der Waals surface area contributed by atoms with Crippen molar-refractivity contribution in [3.05, 3.63) is 33.8 Å². The van der Waals surface area contributed by atoms with Crippen molar-refractivity contribution in [3.8, 4) is 0 Å². The lowest BCUT2D eigenvalue weighted by Gasteiger charge is -2.16. The molecule has 3 nitrogen and oxygen atoms in total. The standard InChI is InChI=1S/C11H12Cl2FNO2.ClH/c1-2-17-11(16)9(14)10(15)6-3-4-7(12)8(13)5-6;/h3-5,9-10H,2,15H2,1H3;1H/t9?,10-;/m1./s1. The number of benzene rings is 1. The molecule has 7 heteroatoms. The molecule has 0 aliphatic heterocycles. The minimum Gasteiger partial charge on any atom is -0.464 e. The van der Waals surface area contributed by atoms with E-state index < -0.39 is 18.2 Å². The SMILES string of the molecule is CCOC(=O)C(F)[C@H](N)c1ccc(Cl)c(Cl)c1.Cl. The van der Waals surface area contributed by atoms with E-state index >= 15 is 0 Å². The molecule has 1 aromatic rings. The molecule has 18 heavy (non-hydrogen) atoms. The van der Waals surface area contributed by atoms with Gasteiger partial charge in [0.05, 0.1) is 22.7 Å². The van der Waals surface area contributed by atoms with E-state index in [0.717, 1.165) is 0 Å². The zero-order chi connectivity index (χ0) is 13.0. The van der Waals surface area contributed by atoms with E-state index in [9.17, 15) is 9.18 Å². The maximum Gasteiger partial charge on any atom is 0.342 e. The number of nitrogens with two attached hydrogens (primary N) is 1. The molecule has 0 heterocycles. The predicted octanol–water partition coefficient (Wildman–Crippen LogP) is 3.32. The number of rotatable bonds is 4. The van der Waals surface area contributed by atoms with Gasteiger partial charge in [-0.3, -0.25) is 0 Å². The Morgan fingerprint density at radius 1 is 1.44 bits per heavy atom. The van der Waals surface area contributed by atoms with Crippen molar-refractivity contribution in [2.24, 2.45) is 5.73 Å². The number of hydrogen-bond donors (Lipinski definition) is 1. The first-order valence-electron chi connectivity index (χ1n) is 4.98. The quantitative estimate of drug-likeness (QED) is 0.867. The maximum absolute atomic E-state index is 13.6. The molecule has 0 saturated carbocycles. The topological polar surface area (TPSA) is 52.3 Å². The largest absolute Gasteiger partial charge is 0.464 e. The van der Waals surface area contributed by atoms with Crippen LogP contribution < -0.4 is 5.73 Å². The highest BCUT2D eigenvalue weighted by Gasteiger charge is 2.27. The molecule has 1 unspecified atom stereocenters. The predicted molar refractivity (Wildman–Crippen MR) is 72.2 cm³/mol. The van der Waals surface area contributed by atoms with Crippen molar-refractivity contribution in [3.63, 3.8) is 0 Å². The zero-order valence-electron chi connectivity index (χ0n) is 9.53. The Morgan fingerprint density at radius 3 is 2.56 bits per heavy atom. The van der Waals surface area contributed by atoms with Crippen LogP contribution in [0.2, 0.25) is 10.0 Å². The van der Waals surface area contributed by atoms with Crippen molar-refractivity contribution in [1.82, 2.24) is 0 Å². The molecule has 102 valence electrons. The molecule has 0 bridgehead atoms. The Hall–Kier alpha value is -0.550. The van der Waals surface area contributed by atoms with Gasteiger partial charge < -0.3 is 10.5 Å². The molecule has 0 spiro atoms. The number of carbonyl (C=O) groups excluding carboxylic acids is 1. The number of halogens is 4. The van der Waals surface area contributed by atoms with Gasteiger partial charge in [-0.1, -0.05) is 29.3 Å². The number of hydrogen-bond acceptors (Lipinski definition) is 3. The zero-order valence-corrected chi connectivity index (χ0v) is 11.9. The third-order valence-electron chi connectivity index (χ3n) is 2.16. The van der Waals surface area contributed by atoms with E-state index in [0.29, 0.717) is 10.6 Å². The highest BCUT2D eigenvalue weighted by atomic mass is 35.5. The highest BCUT2D eigenvalue weighted by molar-refractivity contribution is 6.42. The van der Waals surface area contributed by atoms with E-state index in [2.05, 4.69) is 4.74 Å². The molecule has 1 rings (SSSR count).